The van der Waals surface area contributed by atoms with Gasteiger partial charge in [-0.3, -0.25) is 4.79 Å². The Hall–Kier alpha value is -2.27. The number of hydrogen-bond acceptors (Lipinski definition) is 3. The zero-order valence-corrected chi connectivity index (χ0v) is 14.3. The van der Waals surface area contributed by atoms with Crippen molar-refractivity contribution in [2.24, 2.45) is 0 Å². The molecule has 0 heterocycles. The Morgan fingerprint density at radius 3 is 2.50 bits per heavy atom. The molecule has 0 aliphatic heterocycles. The number of rotatable bonds is 6. The first-order valence-corrected chi connectivity index (χ1v) is 7.94. The number of carbonyl (C=O) groups excluding carboxylic acids is 1. The molecule has 1 aliphatic carbocycles. The highest BCUT2D eigenvalue weighted by Gasteiger charge is 2.38. The SMILES string of the molecule is CC(C)(CC(=O)NC1(C(=O)O)C=CC=CC1)Oc1ccc(Cl)cc1. The average Bonchev–Trinajstić information content (AvgIpc) is 2.49. The Bertz CT molecular complexity index is 679. The fraction of sp³-hybridized carbons (Fsp3) is 0.333. The number of carboxylic acids is 1. The second-order valence-electron chi connectivity index (χ2n) is 6.31. The van der Waals surface area contributed by atoms with E-state index in [1.54, 1.807) is 56.3 Å². The lowest BCUT2D eigenvalue weighted by Crippen LogP contribution is -2.54. The van der Waals surface area contributed by atoms with E-state index in [1.807, 2.05) is 0 Å². The molecule has 2 N–H and O–H groups in total. The number of amides is 1. The summed E-state index contributed by atoms with van der Waals surface area (Å²) in [5.41, 5.74) is -2.20. The van der Waals surface area contributed by atoms with Crippen molar-refractivity contribution in [3.8, 4) is 5.75 Å². The van der Waals surface area contributed by atoms with Gasteiger partial charge in [-0.1, -0.05) is 29.8 Å². The first-order valence-electron chi connectivity index (χ1n) is 7.56. The zero-order chi connectivity index (χ0) is 17.8. The Kier molecular flexibility index (Phi) is 5.34. The number of allylic oxidation sites excluding steroid dienone is 2. The molecule has 1 amide bonds. The van der Waals surface area contributed by atoms with Gasteiger partial charge in [-0.2, -0.15) is 0 Å². The van der Waals surface area contributed by atoms with Crippen molar-refractivity contribution in [1.29, 1.82) is 0 Å². The Balaban J connectivity index is 2.02. The third-order valence-corrected chi connectivity index (χ3v) is 3.86. The first-order chi connectivity index (χ1) is 11.2. The van der Waals surface area contributed by atoms with Crippen molar-refractivity contribution in [3.05, 3.63) is 53.6 Å². The predicted octanol–water partition coefficient (Wildman–Crippen LogP) is 3.34. The molecule has 0 spiro atoms. The summed E-state index contributed by atoms with van der Waals surface area (Å²) in [6, 6.07) is 6.84. The van der Waals surface area contributed by atoms with Crippen molar-refractivity contribution >= 4 is 23.5 Å². The third kappa shape index (κ3) is 4.61. The molecule has 1 unspecified atom stereocenters. The van der Waals surface area contributed by atoms with E-state index >= 15 is 0 Å². The molecule has 0 radical (unpaired) electrons. The van der Waals surface area contributed by atoms with Crippen molar-refractivity contribution in [3.63, 3.8) is 0 Å². The lowest BCUT2D eigenvalue weighted by Gasteiger charge is -2.31. The van der Waals surface area contributed by atoms with Crippen LogP contribution in [0.15, 0.2) is 48.6 Å². The van der Waals surface area contributed by atoms with Gasteiger partial charge in [0.1, 0.15) is 11.4 Å². The monoisotopic (exact) mass is 349 g/mol. The summed E-state index contributed by atoms with van der Waals surface area (Å²) in [5, 5.41) is 12.7. The van der Waals surface area contributed by atoms with Gasteiger partial charge in [-0.15, -0.1) is 0 Å². The quantitative estimate of drug-likeness (QED) is 0.825. The lowest BCUT2D eigenvalue weighted by molar-refractivity contribution is -0.145. The predicted molar refractivity (Wildman–Crippen MR) is 92.2 cm³/mol. The fourth-order valence-electron chi connectivity index (χ4n) is 2.46. The van der Waals surface area contributed by atoms with Crippen molar-refractivity contribution in [2.45, 2.75) is 37.8 Å². The molecule has 2 rings (SSSR count). The number of aliphatic carboxylic acids is 1. The second kappa shape index (κ2) is 7.09. The first kappa shape index (κ1) is 18.1. The minimum atomic E-state index is -1.40. The number of benzene rings is 1. The summed E-state index contributed by atoms with van der Waals surface area (Å²) >= 11 is 5.83. The van der Waals surface area contributed by atoms with Crippen molar-refractivity contribution in [2.75, 3.05) is 0 Å². The van der Waals surface area contributed by atoms with E-state index in [0.717, 1.165) is 0 Å². The molecular weight excluding hydrogens is 330 g/mol. The van der Waals surface area contributed by atoms with Crippen LogP contribution in [0, 0.1) is 0 Å². The van der Waals surface area contributed by atoms with Crippen molar-refractivity contribution < 1.29 is 19.4 Å². The molecule has 0 fully saturated rings. The Labute approximate surface area is 146 Å². The van der Waals surface area contributed by atoms with Crippen LogP contribution in [0.25, 0.3) is 0 Å². The molecule has 0 bridgehead atoms. The van der Waals surface area contributed by atoms with Gasteiger partial charge in [-0.05, 0) is 44.2 Å². The van der Waals surface area contributed by atoms with Crippen LogP contribution in [-0.2, 0) is 9.59 Å². The fourth-order valence-corrected chi connectivity index (χ4v) is 2.59. The van der Waals surface area contributed by atoms with E-state index in [4.69, 9.17) is 16.3 Å². The Morgan fingerprint density at radius 1 is 1.29 bits per heavy atom. The smallest absolute Gasteiger partial charge is 0.333 e. The maximum atomic E-state index is 12.3. The molecule has 1 aromatic rings. The van der Waals surface area contributed by atoms with E-state index in [2.05, 4.69) is 5.32 Å². The molecule has 1 aliphatic rings. The summed E-state index contributed by atoms with van der Waals surface area (Å²) in [5.74, 6) is -0.894. The highest BCUT2D eigenvalue weighted by atomic mass is 35.5. The minimum Gasteiger partial charge on any atom is -0.487 e. The number of halogens is 1. The lowest BCUT2D eigenvalue weighted by atomic mass is 9.90. The molecule has 0 saturated carbocycles. The van der Waals surface area contributed by atoms with Gasteiger partial charge in [0.15, 0.2) is 5.54 Å². The van der Waals surface area contributed by atoms with E-state index in [0.29, 0.717) is 10.8 Å². The number of nitrogens with one attached hydrogen (secondary N) is 1. The molecule has 1 aromatic carbocycles. The summed E-state index contributed by atoms with van der Waals surface area (Å²) < 4.78 is 5.81. The summed E-state index contributed by atoms with van der Waals surface area (Å²) in [7, 11) is 0. The molecule has 0 saturated heterocycles. The maximum absolute atomic E-state index is 12.3. The second-order valence-corrected chi connectivity index (χ2v) is 6.74. The van der Waals surface area contributed by atoms with Gasteiger partial charge in [0.25, 0.3) is 0 Å². The largest absolute Gasteiger partial charge is 0.487 e. The van der Waals surface area contributed by atoms with Crippen LogP contribution in [0.4, 0.5) is 0 Å². The zero-order valence-electron chi connectivity index (χ0n) is 13.6. The van der Waals surface area contributed by atoms with Crippen LogP contribution >= 0.6 is 11.6 Å². The number of ether oxygens (including phenoxy) is 1. The van der Waals surface area contributed by atoms with Gasteiger partial charge in [0.05, 0.1) is 6.42 Å². The topological polar surface area (TPSA) is 75.6 Å². The molecule has 5 nitrogen and oxygen atoms in total. The van der Waals surface area contributed by atoms with E-state index in [-0.39, 0.29) is 12.8 Å². The summed E-state index contributed by atoms with van der Waals surface area (Å²) in [6.45, 7) is 3.54. The minimum absolute atomic E-state index is 0.0161. The summed E-state index contributed by atoms with van der Waals surface area (Å²) in [4.78, 5) is 23.9. The van der Waals surface area contributed by atoms with Gasteiger partial charge in [0.2, 0.25) is 5.91 Å². The molecule has 6 heteroatoms. The highest BCUT2D eigenvalue weighted by molar-refractivity contribution is 6.30. The maximum Gasteiger partial charge on any atom is 0.333 e. The summed E-state index contributed by atoms with van der Waals surface area (Å²) in [6.07, 6.45) is 6.80. The van der Waals surface area contributed by atoms with Crippen LogP contribution in [0.5, 0.6) is 5.75 Å². The van der Waals surface area contributed by atoms with Gasteiger partial charge < -0.3 is 15.2 Å². The van der Waals surface area contributed by atoms with E-state index in [9.17, 15) is 14.7 Å². The van der Waals surface area contributed by atoms with Crippen LogP contribution in [0.3, 0.4) is 0 Å². The standard InChI is InChI=1S/C18H20ClNO4/c1-17(2,24-14-8-6-13(19)7-9-14)12-15(21)20-18(16(22)23)10-4-3-5-11-18/h3-10H,11-12H2,1-2H3,(H,20,21)(H,22,23). The van der Waals surface area contributed by atoms with Crippen LogP contribution in [0.1, 0.15) is 26.7 Å². The van der Waals surface area contributed by atoms with Crippen LogP contribution < -0.4 is 10.1 Å². The van der Waals surface area contributed by atoms with Gasteiger partial charge >= 0.3 is 5.97 Å². The number of hydrogen-bond donors (Lipinski definition) is 2. The third-order valence-electron chi connectivity index (χ3n) is 3.61. The average molecular weight is 350 g/mol. The van der Waals surface area contributed by atoms with Crippen molar-refractivity contribution in [1.82, 2.24) is 5.32 Å². The van der Waals surface area contributed by atoms with Gasteiger partial charge in [0, 0.05) is 11.4 Å². The van der Waals surface area contributed by atoms with E-state index in [1.165, 1.54) is 6.08 Å². The number of carboxylic acid groups (broad SMARTS) is 1. The van der Waals surface area contributed by atoms with Crippen LogP contribution in [-0.4, -0.2) is 28.1 Å². The normalized spacial score (nSPS) is 19.8. The molecular formula is C18H20ClNO4. The molecule has 128 valence electrons. The van der Waals surface area contributed by atoms with E-state index < -0.39 is 23.0 Å². The van der Waals surface area contributed by atoms with Crippen LogP contribution in [0.2, 0.25) is 5.02 Å². The highest BCUT2D eigenvalue weighted by Crippen LogP contribution is 2.24. The molecule has 24 heavy (non-hydrogen) atoms. The molecule has 0 aromatic heterocycles. The van der Waals surface area contributed by atoms with Gasteiger partial charge in [-0.25, -0.2) is 4.79 Å². The molecule has 1 atom stereocenters. The Morgan fingerprint density at radius 2 is 1.96 bits per heavy atom. The number of carbonyl (C=O) groups is 2.